The van der Waals surface area contributed by atoms with Crippen molar-refractivity contribution in [1.82, 2.24) is 0 Å². The van der Waals surface area contributed by atoms with Crippen molar-refractivity contribution < 1.29 is 17.9 Å². The molecule has 1 rings (SSSR count). The maximum Gasteiger partial charge on any atom is 0.426 e. The van der Waals surface area contributed by atoms with Gasteiger partial charge in [-0.05, 0) is 30.0 Å². The number of halogens is 3. The third-order valence-corrected chi connectivity index (χ3v) is 2.73. The summed E-state index contributed by atoms with van der Waals surface area (Å²) in [5.74, 6) is 0.476. The Hall–Kier alpha value is -1.23. The van der Waals surface area contributed by atoms with Gasteiger partial charge in [-0.3, -0.25) is 0 Å². The zero-order valence-corrected chi connectivity index (χ0v) is 10.7. The van der Waals surface area contributed by atoms with Gasteiger partial charge in [0.05, 0.1) is 0 Å². The van der Waals surface area contributed by atoms with E-state index in [1.165, 1.54) is 0 Å². The molecule has 0 aromatic heterocycles. The molecule has 0 fully saturated rings. The quantitative estimate of drug-likeness (QED) is 0.901. The van der Waals surface area contributed by atoms with E-state index in [4.69, 9.17) is 10.5 Å². The fourth-order valence-corrected chi connectivity index (χ4v) is 1.50. The number of alkyl halides is 3. The van der Waals surface area contributed by atoms with E-state index < -0.39 is 18.8 Å². The monoisotopic (exact) mass is 261 g/mol. The molecule has 1 unspecified atom stereocenters. The molecule has 5 heteroatoms. The summed E-state index contributed by atoms with van der Waals surface area (Å²) in [6.45, 7) is 5.06. The highest BCUT2D eigenvalue weighted by Gasteiger charge is 2.41. The van der Waals surface area contributed by atoms with Gasteiger partial charge in [-0.15, -0.1) is 0 Å². The summed E-state index contributed by atoms with van der Waals surface area (Å²) < 4.78 is 42.8. The molecule has 1 aromatic rings. The lowest BCUT2D eigenvalue weighted by Crippen LogP contribution is -2.40. The van der Waals surface area contributed by atoms with Gasteiger partial charge in [0.1, 0.15) is 5.75 Å². The SMILES string of the molecule is Cc1ccc(C(C)C)cc1OC(CN)C(F)(F)F. The first-order valence-corrected chi connectivity index (χ1v) is 5.79. The molecule has 0 aliphatic rings. The summed E-state index contributed by atoms with van der Waals surface area (Å²) in [5.41, 5.74) is 6.72. The van der Waals surface area contributed by atoms with Gasteiger partial charge in [-0.2, -0.15) is 13.2 Å². The van der Waals surface area contributed by atoms with Crippen molar-refractivity contribution in [3.63, 3.8) is 0 Å². The summed E-state index contributed by atoms with van der Waals surface area (Å²) in [5, 5.41) is 0. The highest BCUT2D eigenvalue weighted by molar-refractivity contribution is 5.38. The lowest BCUT2D eigenvalue weighted by atomic mass is 10.0. The summed E-state index contributed by atoms with van der Waals surface area (Å²) >= 11 is 0. The Kier molecular flexibility index (Phi) is 4.62. The Morgan fingerprint density at radius 2 is 1.89 bits per heavy atom. The van der Waals surface area contributed by atoms with Crippen LogP contribution in [0.5, 0.6) is 5.75 Å². The van der Waals surface area contributed by atoms with Gasteiger partial charge >= 0.3 is 6.18 Å². The molecule has 0 bridgehead atoms. The van der Waals surface area contributed by atoms with Crippen LogP contribution in [0.4, 0.5) is 13.2 Å². The van der Waals surface area contributed by atoms with E-state index in [2.05, 4.69) is 0 Å². The first kappa shape index (κ1) is 14.8. The van der Waals surface area contributed by atoms with Gasteiger partial charge < -0.3 is 10.5 Å². The van der Waals surface area contributed by atoms with Gasteiger partial charge in [-0.1, -0.05) is 26.0 Å². The second-order valence-corrected chi connectivity index (χ2v) is 4.56. The normalized spacial score (nSPS) is 13.8. The summed E-state index contributed by atoms with van der Waals surface area (Å²) in [6.07, 6.45) is -6.41. The lowest BCUT2D eigenvalue weighted by Gasteiger charge is -2.22. The molecule has 0 amide bonds. The van der Waals surface area contributed by atoms with Crippen LogP contribution in [-0.4, -0.2) is 18.8 Å². The number of benzene rings is 1. The smallest absolute Gasteiger partial charge is 0.426 e. The first-order valence-electron chi connectivity index (χ1n) is 5.79. The number of rotatable bonds is 4. The average Bonchev–Trinajstić information content (AvgIpc) is 2.25. The Balaban J connectivity index is 2.99. The Labute approximate surface area is 105 Å². The summed E-state index contributed by atoms with van der Waals surface area (Å²) in [6, 6.07) is 5.29. The molecule has 0 saturated heterocycles. The number of aryl methyl sites for hydroxylation is 1. The molecule has 0 heterocycles. The van der Waals surface area contributed by atoms with Crippen molar-refractivity contribution in [1.29, 1.82) is 0 Å². The number of hydrogen-bond donors (Lipinski definition) is 1. The molecule has 0 saturated carbocycles. The molecule has 1 atom stereocenters. The Morgan fingerprint density at radius 3 is 2.33 bits per heavy atom. The fourth-order valence-electron chi connectivity index (χ4n) is 1.50. The number of hydrogen-bond acceptors (Lipinski definition) is 2. The van der Waals surface area contributed by atoms with Crippen LogP contribution < -0.4 is 10.5 Å². The third-order valence-electron chi connectivity index (χ3n) is 2.73. The zero-order chi connectivity index (χ0) is 13.9. The molecule has 102 valence electrons. The molecule has 0 aliphatic carbocycles. The van der Waals surface area contributed by atoms with Crippen molar-refractivity contribution in [2.24, 2.45) is 5.73 Å². The van der Waals surface area contributed by atoms with Gasteiger partial charge in [0.15, 0.2) is 0 Å². The minimum atomic E-state index is -4.45. The van der Waals surface area contributed by atoms with Crippen LogP contribution in [-0.2, 0) is 0 Å². The predicted molar refractivity (Wildman–Crippen MR) is 64.8 cm³/mol. The van der Waals surface area contributed by atoms with E-state index in [0.717, 1.165) is 5.56 Å². The lowest BCUT2D eigenvalue weighted by molar-refractivity contribution is -0.191. The topological polar surface area (TPSA) is 35.2 Å². The van der Waals surface area contributed by atoms with Crippen molar-refractivity contribution in [2.45, 2.75) is 39.0 Å². The summed E-state index contributed by atoms with van der Waals surface area (Å²) in [4.78, 5) is 0. The van der Waals surface area contributed by atoms with Crippen molar-refractivity contribution in [2.75, 3.05) is 6.54 Å². The second-order valence-electron chi connectivity index (χ2n) is 4.56. The van der Waals surface area contributed by atoms with Crippen molar-refractivity contribution >= 4 is 0 Å². The highest BCUT2D eigenvalue weighted by Crippen LogP contribution is 2.29. The van der Waals surface area contributed by atoms with Crippen LogP contribution in [0.25, 0.3) is 0 Å². The van der Waals surface area contributed by atoms with Crippen LogP contribution in [0, 0.1) is 6.92 Å². The maximum absolute atomic E-state index is 12.6. The highest BCUT2D eigenvalue weighted by atomic mass is 19.4. The van der Waals surface area contributed by atoms with Gasteiger partial charge in [-0.25, -0.2) is 0 Å². The first-order chi connectivity index (χ1) is 8.25. The van der Waals surface area contributed by atoms with Gasteiger partial charge in [0, 0.05) is 6.54 Å². The van der Waals surface area contributed by atoms with E-state index in [-0.39, 0.29) is 11.7 Å². The van der Waals surface area contributed by atoms with Crippen LogP contribution in [0.2, 0.25) is 0 Å². The van der Waals surface area contributed by atoms with E-state index >= 15 is 0 Å². The fraction of sp³-hybridized carbons (Fsp3) is 0.538. The Bertz CT molecular complexity index is 402. The number of ether oxygens (including phenoxy) is 1. The van der Waals surface area contributed by atoms with Gasteiger partial charge in [0.2, 0.25) is 6.10 Å². The molecule has 1 aromatic carbocycles. The minimum absolute atomic E-state index is 0.232. The van der Waals surface area contributed by atoms with Crippen LogP contribution >= 0.6 is 0 Å². The molecule has 2 nitrogen and oxygen atoms in total. The van der Waals surface area contributed by atoms with Gasteiger partial charge in [0.25, 0.3) is 0 Å². The van der Waals surface area contributed by atoms with E-state index in [1.54, 1.807) is 19.1 Å². The van der Waals surface area contributed by atoms with Crippen LogP contribution in [0.1, 0.15) is 30.9 Å². The molecule has 0 spiro atoms. The summed E-state index contributed by atoms with van der Waals surface area (Å²) in [7, 11) is 0. The molecular weight excluding hydrogens is 243 g/mol. The maximum atomic E-state index is 12.6. The number of nitrogens with two attached hydrogens (primary N) is 1. The largest absolute Gasteiger partial charge is 0.479 e. The second kappa shape index (κ2) is 5.61. The minimum Gasteiger partial charge on any atom is -0.479 e. The van der Waals surface area contributed by atoms with Crippen molar-refractivity contribution in [3.05, 3.63) is 29.3 Å². The standard InChI is InChI=1S/C13H18F3NO/c1-8(2)10-5-4-9(3)11(6-10)18-12(7-17)13(14,15)16/h4-6,8,12H,7,17H2,1-3H3. The van der Waals surface area contributed by atoms with E-state index in [1.807, 2.05) is 19.9 Å². The van der Waals surface area contributed by atoms with E-state index in [9.17, 15) is 13.2 Å². The van der Waals surface area contributed by atoms with Crippen LogP contribution in [0.15, 0.2) is 18.2 Å². The molecule has 2 N–H and O–H groups in total. The average molecular weight is 261 g/mol. The Morgan fingerprint density at radius 1 is 1.28 bits per heavy atom. The predicted octanol–water partition coefficient (Wildman–Crippen LogP) is 3.39. The van der Waals surface area contributed by atoms with E-state index in [0.29, 0.717) is 5.56 Å². The van der Waals surface area contributed by atoms with Crippen molar-refractivity contribution in [3.8, 4) is 5.75 Å². The molecule has 18 heavy (non-hydrogen) atoms. The molecular formula is C13H18F3NO. The third kappa shape index (κ3) is 3.63. The zero-order valence-electron chi connectivity index (χ0n) is 10.7. The molecule has 0 radical (unpaired) electrons. The molecule has 0 aliphatic heterocycles. The van der Waals surface area contributed by atoms with Crippen LogP contribution in [0.3, 0.4) is 0 Å².